The third kappa shape index (κ3) is 3.37. The van der Waals surface area contributed by atoms with Gasteiger partial charge in [-0.15, -0.1) is 0 Å². The molecular formula is C18H21N5O. The van der Waals surface area contributed by atoms with Gasteiger partial charge in [-0.05, 0) is 42.7 Å². The maximum atomic E-state index is 12.2. The molecule has 2 N–H and O–H groups in total. The number of amides is 2. The zero-order valence-corrected chi connectivity index (χ0v) is 14.1. The van der Waals surface area contributed by atoms with E-state index < -0.39 is 0 Å². The molecule has 1 aromatic carbocycles. The molecule has 2 amide bonds. The van der Waals surface area contributed by atoms with Crippen LogP contribution < -0.4 is 10.6 Å². The Morgan fingerprint density at radius 1 is 1.25 bits per heavy atom. The first kappa shape index (κ1) is 16.0. The number of fused-ring (bicyclic) bond motifs is 1. The predicted octanol–water partition coefficient (Wildman–Crippen LogP) is 3.16. The highest BCUT2D eigenvalue weighted by atomic mass is 16.2. The minimum atomic E-state index is -0.226. The van der Waals surface area contributed by atoms with Crippen LogP contribution in [0.5, 0.6) is 0 Å². The summed E-state index contributed by atoms with van der Waals surface area (Å²) in [6, 6.07) is 7.66. The first-order chi connectivity index (χ1) is 11.6. The number of anilines is 1. The van der Waals surface area contributed by atoms with Gasteiger partial charge in [0.2, 0.25) is 0 Å². The molecule has 0 aliphatic carbocycles. The highest BCUT2D eigenvalue weighted by molar-refractivity contribution is 5.90. The number of carbonyl (C=O) groups is 1. The molecule has 0 atom stereocenters. The van der Waals surface area contributed by atoms with E-state index in [0.29, 0.717) is 6.54 Å². The summed E-state index contributed by atoms with van der Waals surface area (Å²) in [7, 11) is 1.96. The molecule has 24 heavy (non-hydrogen) atoms. The van der Waals surface area contributed by atoms with Gasteiger partial charge >= 0.3 is 6.03 Å². The number of hydrogen-bond acceptors (Lipinski definition) is 3. The quantitative estimate of drug-likeness (QED) is 0.774. The summed E-state index contributed by atoms with van der Waals surface area (Å²) < 4.78 is 1.97. The van der Waals surface area contributed by atoms with E-state index in [9.17, 15) is 4.79 Å². The van der Waals surface area contributed by atoms with E-state index in [0.717, 1.165) is 40.0 Å². The van der Waals surface area contributed by atoms with Gasteiger partial charge in [-0.25, -0.2) is 9.78 Å². The molecule has 2 aromatic heterocycles. The lowest BCUT2D eigenvalue weighted by Crippen LogP contribution is -2.28. The first-order valence-electron chi connectivity index (χ1n) is 7.97. The average Bonchev–Trinajstić information content (AvgIpc) is 2.94. The van der Waals surface area contributed by atoms with Gasteiger partial charge in [-0.1, -0.05) is 13.0 Å². The maximum absolute atomic E-state index is 12.2. The molecule has 0 fully saturated rings. The predicted molar refractivity (Wildman–Crippen MR) is 94.9 cm³/mol. The minimum Gasteiger partial charge on any atom is -0.334 e. The van der Waals surface area contributed by atoms with Crippen LogP contribution in [-0.4, -0.2) is 20.6 Å². The Hall–Kier alpha value is -2.89. The van der Waals surface area contributed by atoms with Crippen LogP contribution in [0.15, 0.2) is 36.8 Å². The van der Waals surface area contributed by atoms with E-state index in [4.69, 9.17) is 0 Å². The lowest BCUT2D eigenvalue weighted by atomic mass is 10.1. The Morgan fingerprint density at radius 3 is 2.88 bits per heavy atom. The van der Waals surface area contributed by atoms with Crippen molar-refractivity contribution in [1.29, 1.82) is 0 Å². The van der Waals surface area contributed by atoms with Crippen LogP contribution in [0.25, 0.3) is 11.0 Å². The first-order valence-corrected chi connectivity index (χ1v) is 7.97. The molecule has 0 bridgehead atoms. The Morgan fingerprint density at radius 2 is 2.08 bits per heavy atom. The molecule has 0 spiro atoms. The van der Waals surface area contributed by atoms with Gasteiger partial charge in [0.05, 0.1) is 17.4 Å². The number of nitrogens with zero attached hydrogens (tertiary/aromatic N) is 3. The number of hydrogen-bond donors (Lipinski definition) is 2. The Kier molecular flexibility index (Phi) is 4.46. The lowest BCUT2D eigenvalue weighted by molar-refractivity contribution is 0.251. The highest BCUT2D eigenvalue weighted by Gasteiger charge is 2.07. The van der Waals surface area contributed by atoms with Crippen molar-refractivity contribution in [2.45, 2.75) is 26.8 Å². The summed E-state index contributed by atoms with van der Waals surface area (Å²) in [6.07, 6.45) is 4.41. The molecule has 124 valence electrons. The molecule has 3 rings (SSSR count). The van der Waals surface area contributed by atoms with Crippen molar-refractivity contribution in [3.05, 3.63) is 53.6 Å². The SMILES string of the molecule is CCc1cnc(C)cc1NC(=O)NCc1ccc2c(c1)ncn2C. The van der Waals surface area contributed by atoms with Gasteiger partial charge in [0.15, 0.2) is 0 Å². The lowest BCUT2D eigenvalue weighted by Gasteiger charge is -2.11. The van der Waals surface area contributed by atoms with Gasteiger partial charge < -0.3 is 15.2 Å². The number of pyridine rings is 1. The van der Waals surface area contributed by atoms with Crippen molar-refractivity contribution in [2.75, 3.05) is 5.32 Å². The topological polar surface area (TPSA) is 71.8 Å². The van der Waals surface area contributed by atoms with Gasteiger partial charge in [0.25, 0.3) is 0 Å². The second kappa shape index (κ2) is 6.70. The van der Waals surface area contributed by atoms with Crippen LogP contribution in [0.3, 0.4) is 0 Å². The van der Waals surface area contributed by atoms with Crippen LogP contribution in [-0.2, 0) is 20.0 Å². The summed E-state index contributed by atoms with van der Waals surface area (Å²) in [5, 5.41) is 5.79. The van der Waals surface area contributed by atoms with Crippen LogP contribution in [0.1, 0.15) is 23.7 Å². The number of aryl methyl sites for hydroxylation is 3. The minimum absolute atomic E-state index is 0.226. The van der Waals surface area contributed by atoms with Crippen molar-refractivity contribution in [1.82, 2.24) is 19.9 Å². The summed E-state index contributed by atoms with van der Waals surface area (Å²) in [4.78, 5) is 20.8. The fourth-order valence-corrected chi connectivity index (χ4v) is 2.63. The third-order valence-corrected chi connectivity index (χ3v) is 4.00. The van der Waals surface area contributed by atoms with E-state index in [2.05, 4.69) is 20.6 Å². The second-order valence-corrected chi connectivity index (χ2v) is 5.82. The number of aromatic nitrogens is 3. The summed E-state index contributed by atoms with van der Waals surface area (Å²) in [5.41, 5.74) is 5.72. The van der Waals surface area contributed by atoms with Crippen molar-refractivity contribution in [2.24, 2.45) is 7.05 Å². The number of rotatable bonds is 4. The van der Waals surface area contributed by atoms with E-state index in [1.165, 1.54) is 0 Å². The normalized spacial score (nSPS) is 10.8. The van der Waals surface area contributed by atoms with Gasteiger partial charge in [-0.3, -0.25) is 4.98 Å². The fraction of sp³-hybridized carbons (Fsp3) is 0.278. The standard InChI is InChI=1S/C18H21N5O/c1-4-14-10-19-12(2)7-15(14)22-18(24)20-9-13-5-6-17-16(8-13)21-11-23(17)3/h5-8,10-11H,4,9H2,1-3H3,(H2,19,20,22,24). The van der Waals surface area contributed by atoms with Crippen LogP contribution in [0.4, 0.5) is 10.5 Å². The van der Waals surface area contributed by atoms with Gasteiger partial charge in [0.1, 0.15) is 0 Å². The zero-order chi connectivity index (χ0) is 17.1. The molecule has 0 saturated heterocycles. The molecule has 3 aromatic rings. The monoisotopic (exact) mass is 323 g/mol. The van der Waals surface area contributed by atoms with Crippen molar-refractivity contribution < 1.29 is 4.79 Å². The van der Waals surface area contributed by atoms with Gasteiger partial charge in [0, 0.05) is 31.2 Å². The molecule has 0 radical (unpaired) electrons. The maximum Gasteiger partial charge on any atom is 0.319 e. The smallest absolute Gasteiger partial charge is 0.319 e. The largest absolute Gasteiger partial charge is 0.334 e. The highest BCUT2D eigenvalue weighted by Crippen LogP contribution is 2.16. The summed E-state index contributed by atoms with van der Waals surface area (Å²) >= 11 is 0. The average molecular weight is 323 g/mol. The molecule has 0 aliphatic heterocycles. The van der Waals surface area contributed by atoms with E-state index in [-0.39, 0.29) is 6.03 Å². The second-order valence-electron chi connectivity index (χ2n) is 5.82. The summed E-state index contributed by atoms with van der Waals surface area (Å²) in [5.74, 6) is 0. The van der Waals surface area contributed by atoms with Crippen LogP contribution in [0.2, 0.25) is 0 Å². The number of carbonyl (C=O) groups excluding carboxylic acids is 1. The zero-order valence-electron chi connectivity index (χ0n) is 14.1. The van der Waals surface area contributed by atoms with Gasteiger partial charge in [-0.2, -0.15) is 0 Å². The molecule has 2 heterocycles. The van der Waals surface area contributed by atoms with E-state index in [1.54, 1.807) is 12.5 Å². The molecule has 0 unspecified atom stereocenters. The van der Waals surface area contributed by atoms with Crippen molar-refractivity contribution in [3.8, 4) is 0 Å². The molecule has 0 saturated carbocycles. The van der Waals surface area contributed by atoms with E-state index in [1.807, 2.05) is 49.7 Å². The Bertz CT molecular complexity index is 884. The number of imidazole rings is 1. The van der Waals surface area contributed by atoms with E-state index >= 15 is 0 Å². The number of benzene rings is 1. The molecular weight excluding hydrogens is 302 g/mol. The number of urea groups is 1. The Balaban J connectivity index is 1.65. The van der Waals surface area contributed by atoms with Crippen LogP contribution in [0, 0.1) is 6.92 Å². The molecule has 6 heteroatoms. The molecule has 6 nitrogen and oxygen atoms in total. The third-order valence-electron chi connectivity index (χ3n) is 4.00. The van der Waals surface area contributed by atoms with Crippen molar-refractivity contribution in [3.63, 3.8) is 0 Å². The van der Waals surface area contributed by atoms with Crippen LogP contribution >= 0.6 is 0 Å². The Labute approximate surface area is 140 Å². The van der Waals surface area contributed by atoms with Crippen molar-refractivity contribution >= 4 is 22.8 Å². The fourth-order valence-electron chi connectivity index (χ4n) is 2.63. The molecule has 0 aliphatic rings. The number of nitrogens with one attached hydrogen (secondary N) is 2. The summed E-state index contributed by atoms with van der Waals surface area (Å²) in [6.45, 7) is 4.39.